The number of ether oxygens (including phenoxy) is 1. The first-order chi connectivity index (χ1) is 8.72. The van der Waals surface area contributed by atoms with Gasteiger partial charge in [-0.1, -0.05) is 24.4 Å². The van der Waals surface area contributed by atoms with Crippen LogP contribution < -0.4 is 5.73 Å². The average molecular weight is 263 g/mol. The van der Waals surface area contributed by atoms with E-state index in [0.717, 1.165) is 30.0 Å². The highest BCUT2D eigenvalue weighted by atomic mass is 32.1. The first-order valence-electron chi connectivity index (χ1n) is 6.02. The van der Waals surface area contributed by atoms with Crippen LogP contribution in [0.1, 0.15) is 12.7 Å². The van der Waals surface area contributed by atoms with Crippen molar-refractivity contribution in [1.29, 1.82) is 0 Å². The summed E-state index contributed by atoms with van der Waals surface area (Å²) in [5, 5.41) is 0. The van der Waals surface area contributed by atoms with Crippen LogP contribution in [0.15, 0.2) is 24.3 Å². The minimum absolute atomic E-state index is 0.461. The summed E-state index contributed by atoms with van der Waals surface area (Å²) in [6, 6.07) is 8.03. The van der Waals surface area contributed by atoms with Gasteiger partial charge in [0, 0.05) is 13.2 Å². The van der Waals surface area contributed by atoms with Crippen LogP contribution in [0, 0.1) is 0 Å². The Morgan fingerprint density at radius 1 is 1.44 bits per heavy atom. The number of thiocarbonyl (C=S) groups is 1. The number of para-hydroxylation sites is 2. The zero-order chi connectivity index (χ0) is 13.0. The molecule has 0 aliphatic heterocycles. The topological polar surface area (TPSA) is 53.1 Å². The highest BCUT2D eigenvalue weighted by molar-refractivity contribution is 7.80. The number of aromatic nitrogens is 2. The second kappa shape index (κ2) is 5.93. The van der Waals surface area contributed by atoms with Gasteiger partial charge in [-0.25, -0.2) is 4.98 Å². The SMILES string of the molecule is CCOCCn1c(CC(N)=S)nc2ccccc21. The van der Waals surface area contributed by atoms with Gasteiger partial charge in [-0.2, -0.15) is 0 Å². The summed E-state index contributed by atoms with van der Waals surface area (Å²) in [5.74, 6) is 0.906. The molecule has 0 radical (unpaired) electrons. The Kier molecular flexibility index (Phi) is 4.28. The molecule has 18 heavy (non-hydrogen) atoms. The Balaban J connectivity index is 2.34. The molecule has 2 rings (SSSR count). The van der Waals surface area contributed by atoms with Gasteiger partial charge in [-0.3, -0.25) is 0 Å². The Labute approximate surface area is 112 Å². The third-order valence-corrected chi connectivity index (χ3v) is 2.87. The van der Waals surface area contributed by atoms with E-state index in [1.165, 1.54) is 0 Å². The van der Waals surface area contributed by atoms with Crippen LogP contribution in [0.2, 0.25) is 0 Å². The molecule has 0 spiro atoms. The van der Waals surface area contributed by atoms with Gasteiger partial charge in [-0.15, -0.1) is 0 Å². The van der Waals surface area contributed by atoms with Crippen molar-refractivity contribution < 1.29 is 4.74 Å². The molecule has 0 amide bonds. The van der Waals surface area contributed by atoms with Gasteiger partial charge >= 0.3 is 0 Å². The number of rotatable bonds is 6. The van der Waals surface area contributed by atoms with E-state index in [-0.39, 0.29) is 0 Å². The van der Waals surface area contributed by atoms with E-state index >= 15 is 0 Å². The third-order valence-electron chi connectivity index (χ3n) is 2.73. The van der Waals surface area contributed by atoms with Gasteiger partial charge in [0.25, 0.3) is 0 Å². The smallest absolute Gasteiger partial charge is 0.116 e. The second-order valence-corrected chi connectivity index (χ2v) is 4.53. The molecule has 5 heteroatoms. The van der Waals surface area contributed by atoms with Crippen molar-refractivity contribution in [3.63, 3.8) is 0 Å². The molecule has 1 aromatic heterocycles. The number of hydrogen-bond donors (Lipinski definition) is 1. The molecule has 0 saturated carbocycles. The lowest BCUT2D eigenvalue weighted by molar-refractivity contribution is 0.139. The lowest BCUT2D eigenvalue weighted by Crippen LogP contribution is -2.17. The van der Waals surface area contributed by atoms with E-state index in [9.17, 15) is 0 Å². The summed E-state index contributed by atoms with van der Waals surface area (Å²) >= 11 is 4.97. The maximum Gasteiger partial charge on any atom is 0.116 e. The van der Waals surface area contributed by atoms with E-state index in [1.807, 2.05) is 25.1 Å². The minimum Gasteiger partial charge on any atom is -0.393 e. The zero-order valence-corrected chi connectivity index (χ0v) is 11.2. The Morgan fingerprint density at radius 3 is 2.94 bits per heavy atom. The maximum atomic E-state index is 5.62. The normalized spacial score (nSPS) is 10.9. The Morgan fingerprint density at radius 2 is 2.22 bits per heavy atom. The predicted octanol–water partition coefficient (Wildman–Crippen LogP) is 1.90. The fourth-order valence-electron chi connectivity index (χ4n) is 1.97. The van der Waals surface area contributed by atoms with Crippen LogP contribution in [-0.2, 0) is 17.7 Å². The molecule has 96 valence electrons. The molecule has 1 aromatic carbocycles. The van der Waals surface area contributed by atoms with E-state index in [1.54, 1.807) is 0 Å². The lowest BCUT2D eigenvalue weighted by Gasteiger charge is -2.08. The molecule has 0 atom stereocenters. The molecule has 0 aliphatic carbocycles. The van der Waals surface area contributed by atoms with Crippen molar-refractivity contribution in [3.8, 4) is 0 Å². The first-order valence-corrected chi connectivity index (χ1v) is 6.43. The molecular formula is C13H17N3OS. The van der Waals surface area contributed by atoms with Crippen LogP contribution >= 0.6 is 12.2 Å². The fraction of sp³-hybridized carbons (Fsp3) is 0.385. The van der Waals surface area contributed by atoms with Crippen molar-refractivity contribution in [2.24, 2.45) is 5.73 Å². The van der Waals surface area contributed by atoms with E-state index in [0.29, 0.717) is 18.0 Å². The molecule has 0 aliphatic rings. The molecular weight excluding hydrogens is 246 g/mol. The standard InChI is InChI=1S/C13H17N3OS/c1-2-17-8-7-16-11-6-4-3-5-10(11)15-13(16)9-12(14)18/h3-6H,2,7-9H2,1H3,(H2,14,18). The van der Waals surface area contributed by atoms with Crippen molar-refractivity contribution in [3.05, 3.63) is 30.1 Å². The average Bonchev–Trinajstić information content (AvgIpc) is 2.67. The third kappa shape index (κ3) is 2.86. The molecule has 4 nitrogen and oxygen atoms in total. The van der Waals surface area contributed by atoms with Gasteiger partial charge in [0.1, 0.15) is 5.82 Å². The van der Waals surface area contributed by atoms with E-state index in [4.69, 9.17) is 22.7 Å². The van der Waals surface area contributed by atoms with Crippen molar-refractivity contribution in [1.82, 2.24) is 9.55 Å². The van der Waals surface area contributed by atoms with Crippen molar-refractivity contribution >= 4 is 28.2 Å². The quantitative estimate of drug-likeness (QED) is 0.639. The Hall–Kier alpha value is -1.46. The number of nitrogens with two attached hydrogens (primary N) is 1. The summed E-state index contributed by atoms with van der Waals surface area (Å²) in [6.45, 7) is 4.15. The first kappa shape index (κ1) is 13.0. The second-order valence-electron chi connectivity index (χ2n) is 4.01. The molecule has 0 saturated heterocycles. The van der Waals surface area contributed by atoms with Gasteiger partial charge < -0.3 is 15.0 Å². The van der Waals surface area contributed by atoms with Gasteiger partial charge in [0.15, 0.2) is 0 Å². The molecule has 2 N–H and O–H groups in total. The Bertz CT molecular complexity index is 550. The van der Waals surface area contributed by atoms with Crippen LogP contribution in [0.3, 0.4) is 0 Å². The molecule has 0 bridgehead atoms. The number of nitrogens with zero attached hydrogens (tertiary/aromatic N) is 2. The minimum atomic E-state index is 0.461. The highest BCUT2D eigenvalue weighted by Gasteiger charge is 2.10. The van der Waals surface area contributed by atoms with Crippen LogP contribution in [0.25, 0.3) is 11.0 Å². The number of fused-ring (bicyclic) bond motifs is 1. The van der Waals surface area contributed by atoms with Gasteiger partial charge in [0.05, 0.1) is 29.0 Å². The fourth-order valence-corrected chi connectivity index (χ4v) is 2.09. The summed E-state index contributed by atoms with van der Waals surface area (Å²) in [7, 11) is 0. The van der Waals surface area contributed by atoms with Gasteiger partial charge in [0.2, 0.25) is 0 Å². The van der Waals surface area contributed by atoms with Gasteiger partial charge in [-0.05, 0) is 19.1 Å². The van der Waals surface area contributed by atoms with Crippen molar-refractivity contribution in [2.45, 2.75) is 19.9 Å². The van der Waals surface area contributed by atoms with Crippen LogP contribution in [0.4, 0.5) is 0 Å². The highest BCUT2D eigenvalue weighted by Crippen LogP contribution is 2.16. The maximum absolute atomic E-state index is 5.62. The van der Waals surface area contributed by atoms with Crippen LogP contribution in [-0.4, -0.2) is 27.8 Å². The largest absolute Gasteiger partial charge is 0.393 e. The lowest BCUT2D eigenvalue weighted by atomic mass is 10.3. The number of imidazole rings is 1. The molecule has 1 heterocycles. The zero-order valence-electron chi connectivity index (χ0n) is 10.4. The van der Waals surface area contributed by atoms with E-state index in [2.05, 4.69) is 15.6 Å². The van der Waals surface area contributed by atoms with Crippen LogP contribution in [0.5, 0.6) is 0 Å². The molecule has 2 aromatic rings. The molecule has 0 fully saturated rings. The molecule has 0 unspecified atom stereocenters. The predicted molar refractivity (Wildman–Crippen MR) is 76.7 cm³/mol. The van der Waals surface area contributed by atoms with E-state index < -0.39 is 0 Å². The summed E-state index contributed by atoms with van der Waals surface area (Å²) in [6.07, 6.45) is 0.524. The number of benzene rings is 1. The summed E-state index contributed by atoms with van der Waals surface area (Å²) < 4.78 is 7.53. The summed E-state index contributed by atoms with van der Waals surface area (Å²) in [4.78, 5) is 5.03. The summed E-state index contributed by atoms with van der Waals surface area (Å²) in [5.41, 5.74) is 7.69. The van der Waals surface area contributed by atoms with Crippen molar-refractivity contribution in [2.75, 3.05) is 13.2 Å². The number of hydrogen-bond acceptors (Lipinski definition) is 3. The monoisotopic (exact) mass is 263 g/mol.